The summed E-state index contributed by atoms with van der Waals surface area (Å²) in [5.74, 6) is 0.128. The number of rotatable bonds is 2. The highest BCUT2D eigenvalue weighted by Gasteiger charge is 2.35. The number of benzene rings is 1. The molecule has 0 saturated heterocycles. The molecule has 4 rings (SSSR count). The van der Waals surface area contributed by atoms with E-state index < -0.39 is 11.9 Å². The molecule has 0 radical (unpaired) electrons. The third kappa shape index (κ3) is 2.87. The molecule has 1 aliphatic heterocycles. The van der Waals surface area contributed by atoms with Crippen molar-refractivity contribution < 1.29 is 22.7 Å². The second-order valence-corrected chi connectivity index (χ2v) is 5.58. The molecule has 0 unspecified atom stereocenters. The van der Waals surface area contributed by atoms with Crippen LogP contribution < -0.4 is 10.1 Å². The number of pyridine rings is 1. The van der Waals surface area contributed by atoms with E-state index in [1.54, 1.807) is 30.3 Å². The Bertz CT molecular complexity index is 983. The highest BCUT2D eigenvalue weighted by atomic mass is 19.4. The molecule has 132 valence electrons. The van der Waals surface area contributed by atoms with Crippen LogP contribution in [0.25, 0.3) is 16.9 Å². The van der Waals surface area contributed by atoms with Gasteiger partial charge in [-0.15, -0.1) is 0 Å². The Hall–Kier alpha value is -3.36. The molecular weight excluding hydrogens is 349 g/mol. The fourth-order valence-electron chi connectivity index (χ4n) is 2.64. The lowest BCUT2D eigenvalue weighted by Crippen LogP contribution is -2.25. The molecule has 1 N–H and O–H groups in total. The lowest BCUT2D eigenvalue weighted by molar-refractivity contribution is -0.141. The number of amides is 1. The minimum absolute atomic E-state index is 0.0990. The van der Waals surface area contributed by atoms with Crippen LogP contribution in [0.3, 0.4) is 0 Å². The second-order valence-electron chi connectivity index (χ2n) is 5.58. The zero-order chi connectivity index (χ0) is 18.3. The van der Waals surface area contributed by atoms with Crippen molar-refractivity contribution in [3.05, 3.63) is 54.5 Å². The number of ether oxygens (including phenoxy) is 1. The third-order valence-electron chi connectivity index (χ3n) is 3.80. The summed E-state index contributed by atoms with van der Waals surface area (Å²) in [7, 11) is 0. The van der Waals surface area contributed by atoms with Crippen molar-refractivity contribution in [2.75, 3.05) is 11.9 Å². The molecule has 0 aliphatic carbocycles. The summed E-state index contributed by atoms with van der Waals surface area (Å²) in [4.78, 5) is 15.4. The average molecular weight is 360 g/mol. The Morgan fingerprint density at radius 3 is 2.77 bits per heavy atom. The Kier molecular flexibility index (Phi) is 3.64. The van der Waals surface area contributed by atoms with E-state index in [1.807, 2.05) is 0 Å². The van der Waals surface area contributed by atoms with Crippen LogP contribution in [0.1, 0.15) is 5.69 Å². The van der Waals surface area contributed by atoms with Crippen LogP contribution in [0.2, 0.25) is 0 Å². The number of nitrogens with zero attached hydrogens (tertiary/aromatic N) is 3. The van der Waals surface area contributed by atoms with Gasteiger partial charge in [-0.3, -0.25) is 9.78 Å². The average Bonchev–Trinajstić information content (AvgIpc) is 3.07. The number of halogens is 3. The Morgan fingerprint density at radius 1 is 1.19 bits per heavy atom. The Morgan fingerprint density at radius 2 is 2.04 bits per heavy atom. The first-order chi connectivity index (χ1) is 12.4. The van der Waals surface area contributed by atoms with Gasteiger partial charge in [0.2, 0.25) is 0 Å². The van der Waals surface area contributed by atoms with Gasteiger partial charge in [-0.05, 0) is 36.4 Å². The molecule has 0 saturated carbocycles. The van der Waals surface area contributed by atoms with Crippen LogP contribution in [-0.2, 0) is 11.0 Å². The fraction of sp³-hybridized carbons (Fsp3) is 0.118. The largest absolute Gasteiger partial charge is 0.482 e. The minimum Gasteiger partial charge on any atom is -0.482 e. The molecule has 3 aromatic rings. The molecule has 0 atom stereocenters. The first kappa shape index (κ1) is 16.1. The molecular formula is C17H11F3N4O2. The van der Waals surface area contributed by atoms with Gasteiger partial charge in [-0.2, -0.15) is 18.3 Å². The quantitative estimate of drug-likeness (QED) is 0.762. The number of carbonyl (C=O) groups excluding carboxylic acids is 1. The van der Waals surface area contributed by atoms with Gasteiger partial charge in [0.1, 0.15) is 5.75 Å². The van der Waals surface area contributed by atoms with Crippen molar-refractivity contribution >= 4 is 11.6 Å². The number of alkyl halides is 3. The number of fused-ring (bicyclic) bond motifs is 1. The first-order valence-corrected chi connectivity index (χ1v) is 7.56. The van der Waals surface area contributed by atoms with E-state index in [9.17, 15) is 18.0 Å². The molecule has 0 bridgehead atoms. The zero-order valence-electron chi connectivity index (χ0n) is 13.1. The fourth-order valence-corrected chi connectivity index (χ4v) is 2.64. The molecule has 9 heteroatoms. The maximum atomic E-state index is 13.2. The Balaban J connectivity index is 1.87. The smallest absolute Gasteiger partial charge is 0.435 e. The molecule has 0 fully saturated rings. The summed E-state index contributed by atoms with van der Waals surface area (Å²) in [6, 6.07) is 8.93. The molecule has 3 heterocycles. The zero-order valence-corrected chi connectivity index (χ0v) is 13.1. The summed E-state index contributed by atoms with van der Waals surface area (Å²) < 4.78 is 46.0. The third-order valence-corrected chi connectivity index (χ3v) is 3.80. The summed E-state index contributed by atoms with van der Waals surface area (Å²) >= 11 is 0. The normalized spacial score (nSPS) is 13.7. The predicted octanol–water partition coefficient (Wildman–Crippen LogP) is 3.28. The molecule has 6 nitrogen and oxygen atoms in total. The van der Waals surface area contributed by atoms with E-state index in [-0.39, 0.29) is 18.2 Å². The highest BCUT2D eigenvalue weighted by molar-refractivity contribution is 5.96. The second kappa shape index (κ2) is 5.87. The highest BCUT2D eigenvalue weighted by Crippen LogP contribution is 2.36. The van der Waals surface area contributed by atoms with E-state index in [4.69, 9.17) is 4.74 Å². The summed E-state index contributed by atoms with van der Waals surface area (Å²) in [5, 5.41) is 6.33. The van der Waals surface area contributed by atoms with Crippen LogP contribution in [-0.4, -0.2) is 27.3 Å². The van der Waals surface area contributed by atoms with Gasteiger partial charge < -0.3 is 10.1 Å². The lowest BCUT2D eigenvalue weighted by Gasteiger charge is -2.18. The molecule has 26 heavy (non-hydrogen) atoms. The van der Waals surface area contributed by atoms with Crippen molar-refractivity contribution in [2.45, 2.75) is 6.18 Å². The number of carbonyl (C=O) groups is 1. The monoisotopic (exact) mass is 360 g/mol. The topological polar surface area (TPSA) is 69.0 Å². The lowest BCUT2D eigenvalue weighted by atomic mass is 10.1. The van der Waals surface area contributed by atoms with Gasteiger partial charge in [0.25, 0.3) is 5.91 Å². The van der Waals surface area contributed by atoms with Crippen LogP contribution in [0.15, 0.2) is 48.8 Å². The van der Waals surface area contributed by atoms with Crippen molar-refractivity contribution in [2.24, 2.45) is 0 Å². The van der Waals surface area contributed by atoms with E-state index in [0.717, 1.165) is 6.07 Å². The maximum Gasteiger partial charge on any atom is 0.435 e. The van der Waals surface area contributed by atoms with Crippen LogP contribution >= 0.6 is 0 Å². The van der Waals surface area contributed by atoms with Crippen molar-refractivity contribution in [3.63, 3.8) is 0 Å². The van der Waals surface area contributed by atoms with Gasteiger partial charge >= 0.3 is 6.18 Å². The molecule has 1 amide bonds. The number of hydrogen-bond acceptors (Lipinski definition) is 4. The van der Waals surface area contributed by atoms with Gasteiger partial charge in [-0.1, -0.05) is 0 Å². The van der Waals surface area contributed by atoms with Crippen molar-refractivity contribution in [3.8, 4) is 22.7 Å². The SMILES string of the molecule is O=C1COc2ccc(-c3cc(C(F)(F)F)nn3-c3cccnc3)cc2N1. The van der Waals surface area contributed by atoms with Crippen LogP contribution in [0.4, 0.5) is 18.9 Å². The number of nitrogens with one attached hydrogen (secondary N) is 1. The van der Waals surface area contributed by atoms with E-state index in [2.05, 4.69) is 15.4 Å². The van der Waals surface area contributed by atoms with Crippen LogP contribution in [0, 0.1) is 0 Å². The number of aromatic nitrogens is 3. The molecule has 0 spiro atoms. The van der Waals surface area contributed by atoms with E-state index >= 15 is 0 Å². The van der Waals surface area contributed by atoms with E-state index in [0.29, 0.717) is 22.7 Å². The molecule has 1 aromatic carbocycles. The van der Waals surface area contributed by atoms with Gasteiger partial charge in [0, 0.05) is 11.8 Å². The Labute approximate surface area is 145 Å². The van der Waals surface area contributed by atoms with Gasteiger partial charge in [0.15, 0.2) is 12.3 Å². The van der Waals surface area contributed by atoms with E-state index in [1.165, 1.54) is 17.1 Å². The minimum atomic E-state index is -4.59. The summed E-state index contributed by atoms with van der Waals surface area (Å²) in [5.41, 5.74) is 0.422. The standard InChI is InChI=1S/C17H11F3N4O2/c18-17(19,20)15-7-13(24(23-15)11-2-1-5-21-8-11)10-3-4-14-12(6-10)22-16(25)9-26-14/h1-8H,9H2,(H,22,25). The van der Waals surface area contributed by atoms with Gasteiger partial charge in [0.05, 0.1) is 23.3 Å². The first-order valence-electron chi connectivity index (χ1n) is 7.56. The molecule has 1 aliphatic rings. The summed E-state index contributed by atoms with van der Waals surface area (Å²) in [6.45, 7) is -0.0990. The van der Waals surface area contributed by atoms with Crippen molar-refractivity contribution in [1.82, 2.24) is 14.8 Å². The number of anilines is 1. The maximum absolute atomic E-state index is 13.2. The summed E-state index contributed by atoms with van der Waals surface area (Å²) in [6.07, 6.45) is -1.66. The van der Waals surface area contributed by atoms with Crippen LogP contribution in [0.5, 0.6) is 5.75 Å². The van der Waals surface area contributed by atoms with Crippen molar-refractivity contribution in [1.29, 1.82) is 0 Å². The van der Waals surface area contributed by atoms with Gasteiger partial charge in [-0.25, -0.2) is 4.68 Å². The molecule has 2 aromatic heterocycles. The predicted molar refractivity (Wildman–Crippen MR) is 85.9 cm³/mol. The number of hydrogen-bond donors (Lipinski definition) is 1.